The number of hydrogen-bond acceptors (Lipinski definition) is 3. The summed E-state index contributed by atoms with van der Waals surface area (Å²) in [5.41, 5.74) is 3.28. The third-order valence-electron chi connectivity index (χ3n) is 6.08. The van der Waals surface area contributed by atoms with Crippen LogP contribution in [0.2, 0.25) is 0 Å². The fraction of sp³-hybridized carbons (Fsp3) is 0.478. The van der Waals surface area contributed by atoms with Crippen molar-refractivity contribution in [1.29, 1.82) is 0 Å². The first-order valence-corrected chi connectivity index (χ1v) is 11.8. The number of anilines is 1. The largest absolute Gasteiger partial charge is 0.299 e. The highest BCUT2D eigenvalue weighted by molar-refractivity contribution is 7.92. The maximum Gasteiger partial charge on any atom is 0.232 e. The Bertz CT molecular complexity index is 882. The molecule has 1 aliphatic heterocycles. The number of likely N-dealkylation sites (tertiary alicyclic amines) is 1. The van der Waals surface area contributed by atoms with Gasteiger partial charge in [0.25, 0.3) is 0 Å². The van der Waals surface area contributed by atoms with Crippen LogP contribution in [-0.4, -0.2) is 32.2 Å². The first-order chi connectivity index (χ1) is 13.3. The van der Waals surface area contributed by atoms with Crippen LogP contribution >= 0.6 is 0 Å². The summed E-state index contributed by atoms with van der Waals surface area (Å²) >= 11 is 0. The van der Waals surface area contributed by atoms with E-state index in [1.54, 1.807) is 0 Å². The smallest absolute Gasteiger partial charge is 0.232 e. The standard InChI is InChI=1S/C23H32N2O2S/c1-4-15-28(26,27)24-22-12-8-11-21(16-22)23(3)13-14-25(17-19(23)2)18-20-9-6-5-7-10-20/h5-12,16,19,24H,4,13-15,17-18H2,1-3H3/t19-,23-/m0/s1. The van der Waals surface area contributed by atoms with E-state index >= 15 is 0 Å². The summed E-state index contributed by atoms with van der Waals surface area (Å²) in [7, 11) is -3.27. The lowest BCUT2D eigenvalue weighted by atomic mass is 9.68. The van der Waals surface area contributed by atoms with E-state index in [0.717, 1.165) is 26.1 Å². The molecule has 1 N–H and O–H groups in total. The van der Waals surface area contributed by atoms with Crippen LogP contribution in [0.15, 0.2) is 54.6 Å². The summed E-state index contributed by atoms with van der Waals surface area (Å²) in [6.45, 7) is 9.57. The van der Waals surface area contributed by atoms with Crippen LogP contribution in [-0.2, 0) is 22.0 Å². The highest BCUT2D eigenvalue weighted by atomic mass is 32.2. The molecule has 1 saturated heterocycles. The maximum absolute atomic E-state index is 12.1. The minimum Gasteiger partial charge on any atom is -0.299 e. The highest BCUT2D eigenvalue weighted by Crippen LogP contribution is 2.40. The molecule has 0 spiro atoms. The van der Waals surface area contributed by atoms with Gasteiger partial charge in [-0.15, -0.1) is 0 Å². The third-order valence-corrected chi connectivity index (χ3v) is 7.58. The zero-order valence-corrected chi connectivity index (χ0v) is 18.0. The molecule has 2 aromatic rings. The van der Waals surface area contributed by atoms with Crippen molar-refractivity contribution in [3.05, 3.63) is 65.7 Å². The van der Waals surface area contributed by atoms with Gasteiger partial charge in [0.15, 0.2) is 0 Å². The topological polar surface area (TPSA) is 49.4 Å². The Hall–Kier alpha value is -1.85. The van der Waals surface area contributed by atoms with Gasteiger partial charge < -0.3 is 0 Å². The van der Waals surface area contributed by atoms with Crippen molar-refractivity contribution in [3.8, 4) is 0 Å². The van der Waals surface area contributed by atoms with Crippen LogP contribution < -0.4 is 4.72 Å². The van der Waals surface area contributed by atoms with Crippen LogP contribution in [0.5, 0.6) is 0 Å². The highest BCUT2D eigenvalue weighted by Gasteiger charge is 2.38. The van der Waals surface area contributed by atoms with E-state index in [4.69, 9.17) is 0 Å². The minimum absolute atomic E-state index is 0.0411. The lowest BCUT2D eigenvalue weighted by Crippen LogP contribution is -2.46. The van der Waals surface area contributed by atoms with Gasteiger partial charge in [-0.3, -0.25) is 9.62 Å². The van der Waals surface area contributed by atoms with Gasteiger partial charge in [-0.25, -0.2) is 8.42 Å². The van der Waals surface area contributed by atoms with Crippen LogP contribution in [0.25, 0.3) is 0 Å². The van der Waals surface area contributed by atoms with Crippen LogP contribution in [0, 0.1) is 5.92 Å². The molecular formula is C23H32N2O2S. The van der Waals surface area contributed by atoms with Gasteiger partial charge in [0, 0.05) is 18.8 Å². The van der Waals surface area contributed by atoms with Crippen LogP contribution in [0.3, 0.4) is 0 Å². The predicted molar refractivity (Wildman–Crippen MR) is 117 cm³/mol. The summed E-state index contributed by atoms with van der Waals surface area (Å²) in [4.78, 5) is 2.52. The van der Waals surface area contributed by atoms with Gasteiger partial charge >= 0.3 is 0 Å². The third kappa shape index (κ3) is 4.95. The van der Waals surface area contributed by atoms with E-state index in [2.05, 4.69) is 59.9 Å². The van der Waals surface area contributed by atoms with Gasteiger partial charge in [0.1, 0.15) is 0 Å². The van der Waals surface area contributed by atoms with E-state index < -0.39 is 10.0 Å². The van der Waals surface area contributed by atoms with Gasteiger partial charge in [-0.2, -0.15) is 0 Å². The average molecular weight is 401 g/mol. The fourth-order valence-corrected chi connectivity index (χ4v) is 5.29. The summed E-state index contributed by atoms with van der Waals surface area (Å²) in [6, 6.07) is 18.6. The van der Waals surface area contributed by atoms with E-state index in [9.17, 15) is 8.42 Å². The molecule has 2 atom stereocenters. The zero-order chi connectivity index (χ0) is 20.2. The number of nitrogens with zero attached hydrogens (tertiary/aromatic N) is 1. The van der Waals surface area contributed by atoms with Gasteiger partial charge in [-0.1, -0.05) is 63.2 Å². The van der Waals surface area contributed by atoms with Crippen molar-refractivity contribution in [2.24, 2.45) is 5.92 Å². The molecule has 0 saturated carbocycles. The van der Waals surface area contributed by atoms with Crippen molar-refractivity contribution in [2.75, 3.05) is 23.6 Å². The molecule has 0 radical (unpaired) electrons. The predicted octanol–water partition coefficient (Wildman–Crippen LogP) is 4.64. The first-order valence-electron chi connectivity index (χ1n) is 10.2. The summed E-state index contributed by atoms with van der Waals surface area (Å²) < 4.78 is 27.0. The van der Waals surface area contributed by atoms with E-state index in [1.807, 2.05) is 25.1 Å². The lowest BCUT2D eigenvalue weighted by molar-refractivity contribution is 0.105. The molecule has 1 aliphatic rings. The van der Waals surface area contributed by atoms with Crippen molar-refractivity contribution in [1.82, 2.24) is 4.90 Å². The Kier molecular flexibility index (Phi) is 6.46. The van der Waals surface area contributed by atoms with Crippen molar-refractivity contribution >= 4 is 15.7 Å². The second-order valence-corrected chi connectivity index (χ2v) is 10.1. The lowest BCUT2D eigenvalue weighted by Gasteiger charge is -2.45. The van der Waals surface area contributed by atoms with Crippen molar-refractivity contribution < 1.29 is 8.42 Å². The summed E-state index contributed by atoms with van der Waals surface area (Å²) in [5, 5.41) is 0. The summed E-state index contributed by atoms with van der Waals surface area (Å²) in [6.07, 6.45) is 1.67. The van der Waals surface area contributed by atoms with E-state index in [-0.39, 0.29) is 11.2 Å². The SMILES string of the molecule is CCCS(=O)(=O)Nc1cccc([C@@]2(C)CCN(Cc3ccccc3)C[C@@H]2C)c1. The molecule has 2 aromatic carbocycles. The van der Waals surface area contributed by atoms with Gasteiger partial charge in [-0.05, 0) is 54.0 Å². The monoisotopic (exact) mass is 400 g/mol. The van der Waals surface area contributed by atoms with Gasteiger partial charge in [0.05, 0.1) is 5.75 Å². The molecule has 1 heterocycles. The fourth-order valence-electron chi connectivity index (χ4n) is 4.17. The number of benzene rings is 2. The molecule has 5 heteroatoms. The molecule has 4 nitrogen and oxygen atoms in total. The molecule has 0 aliphatic carbocycles. The second-order valence-electron chi connectivity index (χ2n) is 8.29. The van der Waals surface area contributed by atoms with Crippen LogP contribution in [0.4, 0.5) is 5.69 Å². The zero-order valence-electron chi connectivity index (χ0n) is 17.2. The number of sulfonamides is 1. The Labute approximate surface area is 170 Å². The molecule has 0 aromatic heterocycles. The molecule has 0 bridgehead atoms. The molecule has 0 amide bonds. The number of piperidine rings is 1. The quantitative estimate of drug-likeness (QED) is 0.737. The maximum atomic E-state index is 12.1. The Morgan fingerprint density at radius 3 is 2.57 bits per heavy atom. The van der Waals surface area contributed by atoms with Gasteiger partial charge in [0.2, 0.25) is 10.0 Å². The molecule has 1 fully saturated rings. The Balaban J connectivity index is 1.72. The second kappa shape index (κ2) is 8.66. The van der Waals surface area contributed by atoms with Crippen molar-refractivity contribution in [3.63, 3.8) is 0 Å². The molecular weight excluding hydrogens is 368 g/mol. The number of rotatable bonds is 7. The van der Waals surface area contributed by atoms with Crippen molar-refractivity contribution in [2.45, 2.75) is 45.6 Å². The number of hydrogen-bond donors (Lipinski definition) is 1. The Morgan fingerprint density at radius 1 is 1.14 bits per heavy atom. The Morgan fingerprint density at radius 2 is 1.89 bits per heavy atom. The number of nitrogens with one attached hydrogen (secondary N) is 1. The minimum atomic E-state index is -3.27. The molecule has 152 valence electrons. The normalized spacial score (nSPS) is 23.5. The van der Waals surface area contributed by atoms with Crippen LogP contribution in [0.1, 0.15) is 44.7 Å². The van der Waals surface area contributed by atoms with E-state index in [0.29, 0.717) is 18.0 Å². The molecule has 3 rings (SSSR count). The summed E-state index contributed by atoms with van der Waals surface area (Å²) in [5.74, 6) is 0.631. The molecule has 28 heavy (non-hydrogen) atoms. The first kappa shape index (κ1) is 20.9. The average Bonchev–Trinajstić information content (AvgIpc) is 2.65. The van der Waals surface area contributed by atoms with E-state index in [1.165, 1.54) is 11.1 Å². The molecule has 0 unspecified atom stereocenters.